The summed E-state index contributed by atoms with van der Waals surface area (Å²) in [5, 5.41) is -0.375. The van der Waals surface area contributed by atoms with Crippen molar-refractivity contribution in [3.63, 3.8) is 0 Å². The van der Waals surface area contributed by atoms with E-state index in [2.05, 4.69) is 6.58 Å². The first-order chi connectivity index (χ1) is 12.1. The summed E-state index contributed by atoms with van der Waals surface area (Å²) >= 11 is 0. The molecule has 0 unspecified atom stereocenters. The quantitative estimate of drug-likeness (QED) is 0.502. The smallest absolute Gasteiger partial charge is 0.270 e. The summed E-state index contributed by atoms with van der Waals surface area (Å²) in [6.45, 7) is 5.15. The van der Waals surface area contributed by atoms with Crippen molar-refractivity contribution in [3.8, 4) is 0 Å². The number of rotatable bonds is 7. The molecule has 0 aromatic heterocycles. The van der Waals surface area contributed by atoms with E-state index >= 15 is 0 Å². The van der Waals surface area contributed by atoms with Gasteiger partial charge in [0, 0.05) is 12.3 Å². The van der Waals surface area contributed by atoms with Crippen molar-refractivity contribution in [1.29, 1.82) is 0 Å². The molecule has 3 aliphatic rings. The van der Waals surface area contributed by atoms with Gasteiger partial charge in [-0.15, -0.1) is 6.58 Å². The van der Waals surface area contributed by atoms with Crippen molar-refractivity contribution >= 4 is 10.1 Å². The van der Waals surface area contributed by atoms with Crippen molar-refractivity contribution in [1.82, 2.24) is 0 Å². The molecular formula is C19H32O5S. The normalized spacial score (nSPS) is 31.0. The minimum absolute atomic E-state index is 0.153. The second-order valence-electron chi connectivity index (χ2n) is 7.68. The Bertz CT molecular complexity index is 524. The molecule has 0 N–H and O–H groups in total. The maximum atomic E-state index is 12.5. The van der Waals surface area contributed by atoms with E-state index in [0.717, 1.165) is 25.7 Å². The maximum absolute atomic E-state index is 12.5. The van der Waals surface area contributed by atoms with Gasteiger partial charge < -0.3 is 9.47 Å². The zero-order valence-electron chi connectivity index (χ0n) is 15.2. The standard InChI is InChI=1S/C19H32O5S/c1-2-16-8-10-18(11-9-16)25(20,21)24-13-12-19(22-14-15-23-19)17-6-4-3-5-7-17/h2,16-18H,1,3-15H2. The van der Waals surface area contributed by atoms with Gasteiger partial charge in [-0.05, 0) is 44.4 Å². The highest BCUT2D eigenvalue weighted by Gasteiger charge is 2.44. The summed E-state index contributed by atoms with van der Waals surface area (Å²) in [5.74, 6) is 0.176. The van der Waals surface area contributed by atoms with Crippen LogP contribution in [-0.2, 0) is 23.8 Å². The minimum atomic E-state index is -3.51. The zero-order chi connectivity index (χ0) is 17.8. The Balaban J connectivity index is 1.52. The van der Waals surface area contributed by atoms with Gasteiger partial charge in [0.05, 0.1) is 25.1 Å². The van der Waals surface area contributed by atoms with E-state index < -0.39 is 15.9 Å². The molecule has 0 aromatic rings. The van der Waals surface area contributed by atoms with Crippen LogP contribution in [0.4, 0.5) is 0 Å². The molecule has 144 valence electrons. The molecule has 25 heavy (non-hydrogen) atoms. The van der Waals surface area contributed by atoms with Gasteiger partial charge in [-0.3, -0.25) is 4.18 Å². The van der Waals surface area contributed by atoms with Gasteiger partial charge in [-0.1, -0.05) is 25.3 Å². The van der Waals surface area contributed by atoms with Crippen molar-refractivity contribution in [3.05, 3.63) is 12.7 Å². The maximum Gasteiger partial charge on any atom is 0.270 e. The SMILES string of the molecule is C=CC1CCC(S(=O)(=O)OCCC2(C3CCCCC3)OCCO2)CC1. The Hall–Kier alpha value is -0.430. The van der Waals surface area contributed by atoms with E-state index in [0.29, 0.717) is 44.3 Å². The van der Waals surface area contributed by atoms with Gasteiger partial charge in [-0.25, -0.2) is 0 Å². The highest BCUT2D eigenvalue weighted by atomic mass is 32.2. The molecule has 0 radical (unpaired) electrons. The predicted molar refractivity (Wildman–Crippen MR) is 96.6 cm³/mol. The molecule has 5 nitrogen and oxygen atoms in total. The second-order valence-corrected chi connectivity index (χ2v) is 9.57. The van der Waals surface area contributed by atoms with Gasteiger partial charge >= 0.3 is 0 Å². The predicted octanol–water partition coefficient (Wildman–Crippen LogP) is 3.79. The summed E-state index contributed by atoms with van der Waals surface area (Å²) in [7, 11) is -3.51. The van der Waals surface area contributed by atoms with E-state index in [4.69, 9.17) is 13.7 Å². The number of hydrogen-bond donors (Lipinski definition) is 0. The molecule has 0 atom stereocenters. The third-order valence-electron chi connectivity index (χ3n) is 6.16. The monoisotopic (exact) mass is 372 g/mol. The summed E-state index contributed by atoms with van der Waals surface area (Å²) < 4.78 is 42.3. The highest BCUT2D eigenvalue weighted by Crippen LogP contribution is 2.40. The Labute approximate surface area is 152 Å². The van der Waals surface area contributed by atoms with Crippen LogP contribution in [-0.4, -0.2) is 39.3 Å². The Morgan fingerprint density at radius 2 is 1.64 bits per heavy atom. The largest absolute Gasteiger partial charge is 0.347 e. The number of ether oxygens (including phenoxy) is 2. The summed E-state index contributed by atoms with van der Waals surface area (Å²) in [4.78, 5) is 0. The Morgan fingerprint density at radius 1 is 1.00 bits per heavy atom. The number of allylic oxidation sites excluding steroid dienone is 1. The highest BCUT2D eigenvalue weighted by molar-refractivity contribution is 7.87. The van der Waals surface area contributed by atoms with Gasteiger partial charge in [0.25, 0.3) is 10.1 Å². The molecular weight excluding hydrogens is 340 g/mol. The van der Waals surface area contributed by atoms with Crippen LogP contribution < -0.4 is 0 Å². The summed E-state index contributed by atoms with van der Waals surface area (Å²) in [6, 6.07) is 0. The lowest BCUT2D eigenvalue weighted by molar-refractivity contribution is -0.209. The van der Waals surface area contributed by atoms with Crippen LogP contribution in [0, 0.1) is 11.8 Å². The molecule has 1 aliphatic heterocycles. The Kier molecular flexibility index (Phi) is 6.58. The summed E-state index contributed by atoms with van der Waals surface area (Å²) in [6.07, 6.45) is 11.4. The van der Waals surface area contributed by atoms with Crippen LogP contribution in [0.2, 0.25) is 0 Å². The lowest BCUT2D eigenvalue weighted by atomic mass is 9.82. The van der Waals surface area contributed by atoms with Crippen LogP contribution in [0.3, 0.4) is 0 Å². The fourth-order valence-electron chi connectivity index (χ4n) is 4.61. The number of hydrogen-bond acceptors (Lipinski definition) is 5. The lowest BCUT2D eigenvalue weighted by Gasteiger charge is -2.38. The van der Waals surface area contributed by atoms with E-state index in [9.17, 15) is 8.42 Å². The molecule has 1 heterocycles. The minimum Gasteiger partial charge on any atom is -0.347 e. The van der Waals surface area contributed by atoms with Crippen molar-refractivity contribution < 1.29 is 22.1 Å². The molecule has 6 heteroatoms. The molecule has 0 aromatic carbocycles. The average Bonchev–Trinajstić information content (AvgIpc) is 3.12. The Morgan fingerprint density at radius 3 is 2.24 bits per heavy atom. The van der Waals surface area contributed by atoms with Gasteiger partial charge in [0.2, 0.25) is 0 Å². The van der Waals surface area contributed by atoms with Crippen LogP contribution >= 0.6 is 0 Å². The first kappa shape index (κ1) is 19.3. The van der Waals surface area contributed by atoms with Gasteiger partial charge in [-0.2, -0.15) is 8.42 Å². The van der Waals surface area contributed by atoms with Crippen LogP contribution in [0.15, 0.2) is 12.7 Å². The molecule has 0 bridgehead atoms. The lowest BCUT2D eigenvalue weighted by Crippen LogP contribution is -2.42. The molecule has 2 aliphatic carbocycles. The zero-order valence-corrected chi connectivity index (χ0v) is 16.0. The molecule has 3 fully saturated rings. The third kappa shape index (κ3) is 4.65. The molecule has 0 amide bonds. The third-order valence-corrected chi connectivity index (χ3v) is 7.94. The fourth-order valence-corrected chi connectivity index (χ4v) is 5.96. The summed E-state index contributed by atoms with van der Waals surface area (Å²) in [5.41, 5.74) is 0. The van der Waals surface area contributed by atoms with E-state index in [1.54, 1.807) is 0 Å². The van der Waals surface area contributed by atoms with Crippen LogP contribution in [0.1, 0.15) is 64.2 Å². The molecule has 2 saturated carbocycles. The van der Waals surface area contributed by atoms with E-state index in [1.807, 2.05) is 6.08 Å². The molecule has 3 rings (SSSR count). The fraction of sp³-hybridized carbons (Fsp3) is 0.895. The van der Waals surface area contributed by atoms with Crippen molar-refractivity contribution in [2.45, 2.75) is 75.2 Å². The van der Waals surface area contributed by atoms with Crippen molar-refractivity contribution in [2.75, 3.05) is 19.8 Å². The van der Waals surface area contributed by atoms with E-state index in [1.165, 1.54) is 19.3 Å². The molecule has 1 saturated heterocycles. The topological polar surface area (TPSA) is 61.8 Å². The van der Waals surface area contributed by atoms with Gasteiger partial charge in [0.1, 0.15) is 0 Å². The van der Waals surface area contributed by atoms with Crippen LogP contribution in [0.5, 0.6) is 0 Å². The van der Waals surface area contributed by atoms with Crippen LogP contribution in [0.25, 0.3) is 0 Å². The average molecular weight is 373 g/mol. The first-order valence-corrected chi connectivity index (χ1v) is 11.3. The second kappa shape index (κ2) is 8.51. The van der Waals surface area contributed by atoms with Gasteiger partial charge in [0.15, 0.2) is 5.79 Å². The van der Waals surface area contributed by atoms with Crippen molar-refractivity contribution in [2.24, 2.45) is 11.8 Å². The first-order valence-electron chi connectivity index (χ1n) is 9.84. The molecule has 0 spiro atoms. The van der Waals surface area contributed by atoms with E-state index in [-0.39, 0.29) is 11.9 Å².